The fraction of sp³-hybridized carbons (Fsp3) is 0.462. The molecule has 0 fully saturated rings. The van der Waals surface area contributed by atoms with Crippen molar-refractivity contribution < 1.29 is 19.1 Å². The molecule has 2 aromatic carbocycles. The number of benzene rings is 2. The number of carbonyl (C=O) groups is 1. The van der Waals surface area contributed by atoms with Crippen molar-refractivity contribution in [1.29, 1.82) is 0 Å². The normalized spacial score (nSPS) is 11.6. The average Bonchev–Trinajstić information content (AvgIpc) is 3.19. The van der Waals surface area contributed by atoms with Gasteiger partial charge in [-0.25, -0.2) is 4.79 Å². The van der Waals surface area contributed by atoms with Crippen LogP contribution in [0.1, 0.15) is 58.4 Å². The average molecular weight is 439 g/mol. The summed E-state index contributed by atoms with van der Waals surface area (Å²) in [6.07, 6.45) is 6.80. The molecule has 0 aliphatic carbocycles. The number of nitrogens with zero attached hydrogens (tertiary/aromatic N) is 2. The predicted octanol–water partition coefficient (Wildman–Crippen LogP) is 6.09. The van der Waals surface area contributed by atoms with E-state index in [9.17, 15) is 9.90 Å². The minimum Gasteiger partial charge on any atom is -0.478 e. The minimum absolute atomic E-state index is 0.558. The second-order valence-corrected chi connectivity index (χ2v) is 8.68. The summed E-state index contributed by atoms with van der Waals surface area (Å²) in [5.74, 6) is -0.434. The van der Waals surface area contributed by atoms with Crippen molar-refractivity contribution in [1.82, 2.24) is 4.98 Å². The number of hydrogen-bond acceptors (Lipinski definition) is 5. The van der Waals surface area contributed by atoms with E-state index in [-0.39, 0.29) is 0 Å². The summed E-state index contributed by atoms with van der Waals surface area (Å²) in [5, 5.41) is 9.32. The second-order valence-electron chi connectivity index (χ2n) is 8.68. The van der Waals surface area contributed by atoms with E-state index in [1.165, 1.54) is 25.7 Å². The zero-order valence-electron chi connectivity index (χ0n) is 19.3. The Morgan fingerprint density at radius 2 is 1.84 bits per heavy atom. The Bertz CT molecular complexity index is 979. The first-order valence-corrected chi connectivity index (χ1v) is 11.5. The highest BCUT2D eigenvalue weighted by Gasteiger charge is 2.29. The third-order valence-electron chi connectivity index (χ3n) is 5.54. The first-order valence-electron chi connectivity index (χ1n) is 11.5. The van der Waals surface area contributed by atoms with Gasteiger partial charge in [0.05, 0.1) is 0 Å². The Balaban J connectivity index is 1.69. The molecule has 0 aliphatic heterocycles. The van der Waals surface area contributed by atoms with E-state index in [2.05, 4.69) is 11.8 Å². The lowest BCUT2D eigenvalue weighted by atomic mass is 10.1. The number of oxazole rings is 1. The lowest BCUT2D eigenvalue weighted by Crippen LogP contribution is -2.37. The zero-order chi connectivity index (χ0) is 23.0. The second kappa shape index (κ2) is 11.0. The van der Waals surface area contributed by atoms with E-state index < -0.39 is 11.6 Å². The highest BCUT2D eigenvalue weighted by atomic mass is 16.5. The number of carboxylic acids is 1. The maximum absolute atomic E-state index is 11.4. The number of ether oxygens (including phenoxy) is 1. The molecule has 3 aromatic rings. The van der Waals surface area contributed by atoms with E-state index in [4.69, 9.17) is 14.1 Å². The molecule has 0 bridgehead atoms. The van der Waals surface area contributed by atoms with Crippen LogP contribution in [0.25, 0.3) is 11.1 Å². The maximum Gasteiger partial charge on any atom is 0.347 e. The maximum atomic E-state index is 11.4. The molecule has 1 aromatic heterocycles. The summed E-state index contributed by atoms with van der Waals surface area (Å²) in [7, 11) is 0. The van der Waals surface area contributed by atoms with Crippen LogP contribution in [0.5, 0.6) is 5.75 Å². The Kier molecular flexibility index (Phi) is 8.14. The summed E-state index contributed by atoms with van der Waals surface area (Å²) in [6, 6.07) is 16.1. The van der Waals surface area contributed by atoms with E-state index in [0.717, 1.165) is 42.6 Å². The van der Waals surface area contributed by atoms with Crippen LogP contribution in [-0.4, -0.2) is 34.8 Å². The van der Waals surface area contributed by atoms with Crippen LogP contribution in [0.3, 0.4) is 0 Å². The highest BCUT2D eigenvalue weighted by Crippen LogP contribution is 2.24. The van der Waals surface area contributed by atoms with Crippen LogP contribution >= 0.6 is 0 Å². The molecular weight excluding hydrogens is 404 g/mol. The molecule has 0 aliphatic rings. The summed E-state index contributed by atoms with van der Waals surface area (Å²) in [5.41, 5.74) is 1.46. The first-order chi connectivity index (χ1) is 15.4. The van der Waals surface area contributed by atoms with Gasteiger partial charge in [-0.05, 0) is 56.5 Å². The molecule has 0 amide bonds. The molecule has 172 valence electrons. The van der Waals surface area contributed by atoms with Crippen molar-refractivity contribution in [3.63, 3.8) is 0 Å². The summed E-state index contributed by atoms with van der Waals surface area (Å²) in [6.45, 7) is 6.97. The number of anilines is 1. The molecule has 0 radical (unpaired) electrons. The number of fused-ring (bicyclic) bond motifs is 1. The molecule has 1 N–H and O–H groups in total. The first kappa shape index (κ1) is 23.6. The molecule has 6 heteroatoms. The molecule has 32 heavy (non-hydrogen) atoms. The Morgan fingerprint density at radius 1 is 1.06 bits per heavy atom. The van der Waals surface area contributed by atoms with E-state index in [1.54, 1.807) is 19.9 Å². The third-order valence-corrected chi connectivity index (χ3v) is 5.54. The zero-order valence-corrected chi connectivity index (χ0v) is 19.3. The lowest BCUT2D eigenvalue weighted by molar-refractivity contribution is -0.152. The quantitative estimate of drug-likeness (QED) is 0.326. The third kappa shape index (κ3) is 6.49. The van der Waals surface area contributed by atoms with Crippen LogP contribution in [0.15, 0.2) is 52.9 Å². The van der Waals surface area contributed by atoms with E-state index >= 15 is 0 Å². The van der Waals surface area contributed by atoms with Gasteiger partial charge in [0.2, 0.25) is 0 Å². The van der Waals surface area contributed by atoms with Crippen LogP contribution in [-0.2, 0) is 11.2 Å². The number of hydrogen-bond donors (Lipinski definition) is 1. The van der Waals surface area contributed by atoms with Crippen molar-refractivity contribution in [2.24, 2.45) is 0 Å². The van der Waals surface area contributed by atoms with Gasteiger partial charge in [-0.1, -0.05) is 56.9 Å². The lowest BCUT2D eigenvalue weighted by Gasteiger charge is -2.23. The van der Waals surface area contributed by atoms with Gasteiger partial charge >= 0.3 is 5.97 Å². The standard InChI is InChI=1S/C26H34N2O4/c1-4-5-6-7-10-17-28(25-27-22-14-8-9-15-23(22)31-25)18-16-20-12-11-13-21(19-20)32-26(2,3)24(29)30/h8-9,11-15,19H,4-7,10,16-18H2,1-3H3,(H,29,30). The van der Waals surface area contributed by atoms with Gasteiger partial charge in [-0.2, -0.15) is 4.98 Å². The van der Waals surface area contributed by atoms with Gasteiger partial charge in [0.1, 0.15) is 11.3 Å². The number of carboxylic acid groups (broad SMARTS) is 1. The minimum atomic E-state index is -1.28. The topological polar surface area (TPSA) is 75.8 Å². The number of aromatic nitrogens is 1. The van der Waals surface area contributed by atoms with Crippen molar-refractivity contribution >= 4 is 23.1 Å². The monoisotopic (exact) mass is 438 g/mol. The Morgan fingerprint density at radius 3 is 2.59 bits per heavy atom. The fourth-order valence-electron chi connectivity index (χ4n) is 3.57. The molecular formula is C26H34N2O4. The van der Waals surface area contributed by atoms with Crippen molar-refractivity contribution in [2.75, 3.05) is 18.0 Å². The summed E-state index contributed by atoms with van der Waals surface area (Å²) >= 11 is 0. The van der Waals surface area contributed by atoms with E-state index in [0.29, 0.717) is 11.8 Å². The Hall–Kier alpha value is -3.02. The summed E-state index contributed by atoms with van der Waals surface area (Å²) in [4.78, 5) is 18.3. The van der Waals surface area contributed by atoms with Crippen LogP contribution < -0.4 is 9.64 Å². The highest BCUT2D eigenvalue weighted by molar-refractivity contribution is 5.76. The number of para-hydroxylation sites is 2. The smallest absolute Gasteiger partial charge is 0.347 e. The van der Waals surface area contributed by atoms with Crippen molar-refractivity contribution in [3.05, 3.63) is 54.1 Å². The van der Waals surface area contributed by atoms with Gasteiger partial charge in [-0.3, -0.25) is 0 Å². The molecule has 0 unspecified atom stereocenters. The van der Waals surface area contributed by atoms with Crippen LogP contribution in [0, 0.1) is 0 Å². The molecule has 1 heterocycles. The van der Waals surface area contributed by atoms with Gasteiger partial charge in [0, 0.05) is 13.1 Å². The number of aliphatic carboxylic acids is 1. The molecule has 0 atom stereocenters. The van der Waals surface area contributed by atoms with Crippen LogP contribution in [0.4, 0.5) is 6.01 Å². The molecule has 3 rings (SSSR count). The van der Waals surface area contributed by atoms with Gasteiger partial charge in [0.25, 0.3) is 6.01 Å². The Labute approximate surface area is 190 Å². The van der Waals surface area contributed by atoms with Gasteiger partial charge in [0.15, 0.2) is 11.2 Å². The van der Waals surface area contributed by atoms with E-state index in [1.807, 2.05) is 42.5 Å². The number of rotatable bonds is 13. The van der Waals surface area contributed by atoms with Gasteiger partial charge in [-0.15, -0.1) is 0 Å². The van der Waals surface area contributed by atoms with Crippen molar-refractivity contribution in [3.8, 4) is 5.75 Å². The van der Waals surface area contributed by atoms with Gasteiger partial charge < -0.3 is 19.2 Å². The number of unbranched alkanes of at least 4 members (excludes halogenated alkanes) is 4. The molecule has 0 spiro atoms. The van der Waals surface area contributed by atoms with Crippen molar-refractivity contribution in [2.45, 2.75) is 64.9 Å². The molecule has 0 saturated carbocycles. The molecule has 0 saturated heterocycles. The largest absolute Gasteiger partial charge is 0.478 e. The fourth-order valence-corrected chi connectivity index (χ4v) is 3.57. The SMILES string of the molecule is CCCCCCCN(CCc1cccc(OC(C)(C)C(=O)O)c1)c1nc2ccccc2o1. The molecule has 6 nitrogen and oxygen atoms in total. The summed E-state index contributed by atoms with van der Waals surface area (Å²) < 4.78 is 11.7. The predicted molar refractivity (Wildman–Crippen MR) is 127 cm³/mol. The van der Waals surface area contributed by atoms with Crippen LogP contribution in [0.2, 0.25) is 0 Å².